The highest BCUT2D eigenvalue weighted by atomic mass is 16.4. The molecule has 0 aliphatic carbocycles. The van der Waals surface area contributed by atoms with Gasteiger partial charge in [-0.2, -0.15) is 4.57 Å². The molecule has 0 unspecified atom stereocenters. The summed E-state index contributed by atoms with van der Waals surface area (Å²) in [5, 5.41) is 9.14. The van der Waals surface area contributed by atoms with E-state index in [9.17, 15) is 9.59 Å². The molecule has 0 aliphatic heterocycles. The van der Waals surface area contributed by atoms with E-state index in [-0.39, 0.29) is 5.82 Å². The van der Waals surface area contributed by atoms with Gasteiger partial charge in [0.2, 0.25) is 0 Å². The van der Waals surface area contributed by atoms with Crippen LogP contribution in [0.5, 0.6) is 0 Å². The third-order valence-corrected chi connectivity index (χ3v) is 2.13. The van der Waals surface area contributed by atoms with Gasteiger partial charge in [-0.05, 0) is 19.1 Å². The molecule has 1 aromatic heterocycles. The zero-order chi connectivity index (χ0) is 11.0. The van der Waals surface area contributed by atoms with Crippen molar-refractivity contribution in [2.75, 3.05) is 0 Å². The number of carbonyl (C=O) groups is 1. The second kappa shape index (κ2) is 3.20. The van der Waals surface area contributed by atoms with E-state index >= 15 is 0 Å². The second-order valence-electron chi connectivity index (χ2n) is 3.10. The van der Waals surface area contributed by atoms with Crippen molar-refractivity contribution in [2.45, 2.75) is 6.92 Å². The van der Waals surface area contributed by atoms with E-state index in [4.69, 9.17) is 5.11 Å². The molecule has 76 valence electrons. The van der Waals surface area contributed by atoms with E-state index in [0.717, 1.165) is 0 Å². The Morgan fingerprint density at radius 2 is 2.07 bits per heavy atom. The average molecular weight is 204 g/mol. The van der Waals surface area contributed by atoms with Gasteiger partial charge in [0.05, 0.1) is 10.9 Å². The molecule has 0 atom stereocenters. The maximum atomic E-state index is 11.7. The number of hydrogen-bond donors (Lipinski definition) is 1. The molecule has 1 N–H and O–H groups in total. The highest BCUT2D eigenvalue weighted by molar-refractivity contribution is 5.80. The molecule has 5 nitrogen and oxygen atoms in total. The Morgan fingerprint density at radius 1 is 1.40 bits per heavy atom. The van der Waals surface area contributed by atoms with Crippen LogP contribution in [0.15, 0.2) is 29.1 Å². The number of hydrogen-bond acceptors (Lipinski definition) is 3. The van der Waals surface area contributed by atoms with E-state index in [0.29, 0.717) is 15.5 Å². The van der Waals surface area contributed by atoms with Crippen molar-refractivity contribution in [1.29, 1.82) is 0 Å². The standard InChI is InChI=1S/C10H8N2O3/c1-6-11-8-5-3-2-4-7(8)9(13)12(6)10(14)15/h2-5H,1H3,(H,14,15). The predicted molar refractivity (Wildman–Crippen MR) is 54.2 cm³/mol. The Kier molecular flexibility index (Phi) is 2.00. The normalized spacial score (nSPS) is 10.5. The minimum absolute atomic E-state index is 0.172. The first-order valence-corrected chi connectivity index (χ1v) is 4.33. The molecule has 0 saturated heterocycles. The lowest BCUT2D eigenvalue weighted by Gasteiger charge is -2.04. The van der Waals surface area contributed by atoms with Crippen molar-refractivity contribution < 1.29 is 9.90 Å². The topological polar surface area (TPSA) is 72.2 Å². The molecular weight excluding hydrogens is 196 g/mol. The van der Waals surface area contributed by atoms with Crippen LogP contribution in [0.3, 0.4) is 0 Å². The fourth-order valence-corrected chi connectivity index (χ4v) is 1.47. The summed E-state index contributed by atoms with van der Waals surface area (Å²) in [4.78, 5) is 26.6. The van der Waals surface area contributed by atoms with Crippen molar-refractivity contribution in [1.82, 2.24) is 9.55 Å². The largest absolute Gasteiger partial charge is 0.464 e. The maximum Gasteiger partial charge on any atom is 0.420 e. The zero-order valence-corrected chi connectivity index (χ0v) is 7.97. The van der Waals surface area contributed by atoms with Crippen LogP contribution in [-0.4, -0.2) is 20.8 Å². The number of carboxylic acid groups (broad SMARTS) is 1. The van der Waals surface area contributed by atoms with Gasteiger partial charge < -0.3 is 5.11 Å². The Morgan fingerprint density at radius 3 is 2.73 bits per heavy atom. The molecular formula is C10H8N2O3. The zero-order valence-electron chi connectivity index (χ0n) is 7.97. The molecule has 2 aromatic rings. The van der Waals surface area contributed by atoms with Crippen molar-refractivity contribution in [3.05, 3.63) is 40.4 Å². The number of nitrogens with zero attached hydrogens (tertiary/aromatic N) is 2. The van der Waals surface area contributed by atoms with Gasteiger partial charge in [-0.3, -0.25) is 4.79 Å². The van der Waals surface area contributed by atoms with E-state index in [1.54, 1.807) is 24.3 Å². The molecule has 0 radical (unpaired) electrons. The Bertz CT molecular complexity index is 601. The molecule has 0 amide bonds. The van der Waals surface area contributed by atoms with Gasteiger partial charge >= 0.3 is 6.09 Å². The molecule has 5 heteroatoms. The Labute approximate surface area is 84.6 Å². The SMILES string of the molecule is Cc1nc2ccccc2c(=O)n1C(=O)O. The number of aryl methyl sites for hydroxylation is 1. The van der Waals surface area contributed by atoms with Crippen LogP contribution in [-0.2, 0) is 0 Å². The highest BCUT2D eigenvalue weighted by Gasteiger charge is 2.11. The minimum Gasteiger partial charge on any atom is -0.464 e. The van der Waals surface area contributed by atoms with Crippen LogP contribution in [0.4, 0.5) is 4.79 Å². The van der Waals surface area contributed by atoms with Crippen LogP contribution in [0.2, 0.25) is 0 Å². The summed E-state index contributed by atoms with van der Waals surface area (Å²) in [7, 11) is 0. The van der Waals surface area contributed by atoms with Crippen LogP contribution >= 0.6 is 0 Å². The van der Waals surface area contributed by atoms with Gasteiger partial charge in [0.25, 0.3) is 5.56 Å². The van der Waals surface area contributed by atoms with Gasteiger partial charge in [0.15, 0.2) is 0 Å². The number of aromatic nitrogens is 2. The van der Waals surface area contributed by atoms with Gasteiger partial charge in [0.1, 0.15) is 5.82 Å². The van der Waals surface area contributed by atoms with Crippen molar-refractivity contribution >= 4 is 17.0 Å². The van der Waals surface area contributed by atoms with Crippen LogP contribution in [0.25, 0.3) is 10.9 Å². The molecule has 0 aliphatic rings. The number of benzene rings is 1. The predicted octanol–water partition coefficient (Wildman–Crippen LogP) is 1.23. The fraction of sp³-hybridized carbons (Fsp3) is 0.100. The van der Waals surface area contributed by atoms with Crippen LogP contribution in [0.1, 0.15) is 5.82 Å². The van der Waals surface area contributed by atoms with E-state index < -0.39 is 11.7 Å². The number of para-hydroxylation sites is 1. The van der Waals surface area contributed by atoms with Gasteiger partial charge in [-0.1, -0.05) is 12.1 Å². The van der Waals surface area contributed by atoms with E-state index in [2.05, 4.69) is 4.98 Å². The number of fused-ring (bicyclic) bond motifs is 1. The van der Waals surface area contributed by atoms with Crippen LogP contribution in [0, 0.1) is 6.92 Å². The maximum absolute atomic E-state index is 11.7. The Balaban J connectivity index is 2.97. The monoisotopic (exact) mass is 204 g/mol. The molecule has 0 saturated carbocycles. The van der Waals surface area contributed by atoms with Gasteiger partial charge in [-0.25, -0.2) is 9.78 Å². The summed E-state index contributed by atoms with van der Waals surface area (Å²) in [6.07, 6.45) is -1.31. The molecule has 1 aromatic carbocycles. The first kappa shape index (κ1) is 9.39. The molecule has 0 spiro atoms. The van der Waals surface area contributed by atoms with E-state index in [1.807, 2.05) is 0 Å². The summed E-state index contributed by atoms with van der Waals surface area (Å²) in [6, 6.07) is 6.66. The van der Waals surface area contributed by atoms with Crippen molar-refractivity contribution in [3.63, 3.8) is 0 Å². The first-order valence-electron chi connectivity index (χ1n) is 4.33. The summed E-state index contributed by atoms with van der Waals surface area (Å²) >= 11 is 0. The smallest absolute Gasteiger partial charge is 0.420 e. The summed E-state index contributed by atoms with van der Waals surface area (Å²) in [5.41, 5.74) is -0.0388. The van der Waals surface area contributed by atoms with Gasteiger partial charge in [-0.15, -0.1) is 0 Å². The highest BCUT2D eigenvalue weighted by Crippen LogP contribution is 2.06. The molecule has 0 bridgehead atoms. The third-order valence-electron chi connectivity index (χ3n) is 2.13. The third kappa shape index (κ3) is 1.38. The fourth-order valence-electron chi connectivity index (χ4n) is 1.47. The molecule has 15 heavy (non-hydrogen) atoms. The van der Waals surface area contributed by atoms with E-state index in [1.165, 1.54) is 6.92 Å². The molecule has 1 heterocycles. The second-order valence-corrected chi connectivity index (χ2v) is 3.10. The van der Waals surface area contributed by atoms with Gasteiger partial charge in [0, 0.05) is 0 Å². The first-order chi connectivity index (χ1) is 7.11. The van der Waals surface area contributed by atoms with Crippen LogP contribution < -0.4 is 5.56 Å². The lowest BCUT2D eigenvalue weighted by molar-refractivity contribution is 0.194. The quantitative estimate of drug-likeness (QED) is 0.700. The lowest BCUT2D eigenvalue weighted by Crippen LogP contribution is -2.28. The molecule has 0 fully saturated rings. The average Bonchev–Trinajstić information content (AvgIpc) is 2.17. The lowest BCUT2D eigenvalue weighted by atomic mass is 10.2. The summed E-state index contributed by atoms with van der Waals surface area (Å²) < 4.78 is 0.641. The van der Waals surface area contributed by atoms with Crippen molar-refractivity contribution in [3.8, 4) is 0 Å². The minimum atomic E-state index is -1.31. The number of rotatable bonds is 0. The molecule has 2 rings (SSSR count). The summed E-state index contributed by atoms with van der Waals surface area (Å²) in [5.74, 6) is 0.172. The summed E-state index contributed by atoms with van der Waals surface area (Å²) in [6.45, 7) is 1.49. The Hall–Kier alpha value is -2.17. The van der Waals surface area contributed by atoms with Crippen molar-refractivity contribution in [2.24, 2.45) is 0 Å².